The van der Waals surface area contributed by atoms with E-state index in [4.69, 9.17) is 22.3 Å². The summed E-state index contributed by atoms with van der Waals surface area (Å²) in [5.41, 5.74) is 0. The van der Waals surface area contributed by atoms with E-state index in [9.17, 15) is 0 Å². The molecule has 2 heterocycles. The molecular weight excluding hydrogens is 292 g/mol. The Morgan fingerprint density at radius 1 is 1.78 bits per heavy atom. The smallest absolute Gasteiger partial charge is 0.339 e. The Morgan fingerprint density at radius 3 is 3.17 bits per heavy atom. The van der Waals surface area contributed by atoms with Crippen LogP contribution in [0.4, 0.5) is 0 Å². The molecule has 0 bridgehead atoms. The van der Waals surface area contributed by atoms with Crippen LogP contribution in [0.1, 0.15) is 13.3 Å². The molecular formula is C10H13ClN4OS2. The topological polar surface area (TPSA) is 63.2 Å². The highest BCUT2D eigenvalue weighted by Gasteiger charge is 2.21. The summed E-state index contributed by atoms with van der Waals surface area (Å²) in [4.78, 5) is 4.77. The predicted molar refractivity (Wildman–Crippen MR) is 76.9 cm³/mol. The molecule has 0 saturated carbocycles. The Hall–Kier alpha value is -0.760. The Labute approximate surface area is 119 Å². The summed E-state index contributed by atoms with van der Waals surface area (Å²) in [6, 6.07) is 4.03. The minimum Gasteiger partial charge on any atom is -0.371 e. The van der Waals surface area contributed by atoms with E-state index < -0.39 is 0 Å². The van der Waals surface area contributed by atoms with Crippen molar-refractivity contribution in [3.8, 4) is 0 Å². The van der Waals surface area contributed by atoms with Crippen molar-refractivity contribution in [1.29, 1.82) is 0 Å². The van der Waals surface area contributed by atoms with Gasteiger partial charge in [-0.05, 0) is 18.6 Å². The summed E-state index contributed by atoms with van der Waals surface area (Å²) in [6.07, 6.45) is 2.92. The lowest BCUT2D eigenvalue weighted by molar-refractivity contribution is 0.244. The summed E-state index contributed by atoms with van der Waals surface area (Å²) in [5.74, 6) is 5.65. The fraction of sp³-hybridized carbons (Fsp3) is 0.400. The minimum atomic E-state index is 0.303. The summed E-state index contributed by atoms with van der Waals surface area (Å²) < 4.78 is 5.93. The van der Waals surface area contributed by atoms with Gasteiger partial charge in [-0.3, -0.25) is 0 Å². The number of hydrazone groups is 1. The monoisotopic (exact) mass is 304 g/mol. The predicted octanol–water partition coefficient (Wildman–Crippen LogP) is 2.98. The van der Waals surface area contributed by atoms with Gasteiger partial charge in [0.25, 0.3) is 0 Å². The molecule has 18 heavy (non-hydrogen) atoms. The molecule has 0 spiro atoms. The highest BCUT2D eigenvalue weighted by atomic mass is 35.5. The normalized spacial score (nSPS) is 19.6. The first kappa shape index (κ1) is 13.7. The van der Waals surface area contributed by atoms with E-state index in [-0.39, 0.29) is 0 Å². The van der Waals surface area contributed by atoms with Crippen LogP contribution in [-0.4, -0.2) is 23.8 Å². The first-order valence-electron chi connectivity index (χ1n) is 5.41. The molecule has 2 rings (SSSR count). The van der Waals surface area contributed by atoms with Crippen molar-refractivity contribution in [2.75, 3.05) is 6.54 Å². The zero-order chi connectivity index (χ0) is 13.0. The van der Waals surface area contributed by atoms with Gasteiger partial charge in [-0.1, -0.05) is 18.5 Å². The third kappa shape index (κ3) is 3.38. The number of nitrogens with zero attached hydrogens (tertiary/aromatic N) is 3. The van der Waals surface area contributed by atoms with Gasteiger partial charge in [-0.15, -0.1) is 11.3 Å². The first-order chi connectivity index (χ1) is 8.72. The summed E-state index contributed by atoms with van der Waals surface area (Å²) in [7, 11) is 0. The lowest BCUT2D eigenvalue weighted by Crippen LogP contribution is -2.30. The molecule has 1 aromatic heterocycles. The number of hydrogen-bond donors (Lipinski definition) is 1. The van der Waals surface area contributed by atoms with E-state index in [1.165, 1.54) is 23.3 Å². The minimum absolute atomic E-state index is 0.303. The van der Waals surface area contributed by atoms with Crippen molar-refractivity contribution in [2.24, 2.45) is 21.3 Å². The van der Waals surface area contributed by atoms with Crippen molar-refractivity contribution in [3.63, 3.8) is 0 Å². The summed E-state index contributed by atoms with van der Waals surface area (Å²) >= 11 is 8.57. The lowest BCUT2D eigenvalue weighted by atomic mass is 10.1. The molecule has 1 atom stereocenters. The number of halogens is 1. The molecule has 98 valence electrons. The second kappa shape index (κ2) is 6.42. The average Bonchev–Trinajstić information content (AvgIpc) is 2.99. The average molecular weight is 305 g/mol. The van der Waals surface area contributed by atoms with E-state index in [0.717, 1.165) is 21.5 Å². The number of thiophene rings is 1. The van der Waals surface area contributed by atoms with Gasteiger partial charge < -0.3 is 4.84 Å². The first-order valence-corrected chi connectivity index (χ1v) is 7.38. The van der Waals surface area contributed by atoms with E-state index >= 15 is 0 Å². The van der Waals surface area contributed by atoms with Crippen LogP contribution < -0.4 is 5.90 Å². The van der Waals surface area contributed by atoms with Crippen LogP contribution in [0.25, 0.3) is 0 Å². The van der Waals surface area contributed by atoms with E-state index in [0.29, 0.717) is 11.9 Å². The molecule has 0 aromatic carbocycles. The summed E-state index contributed by atoms with van der Waals surface area (Å²) in [6.45, 7) is 2.86. The van der Waals surface area contributed by atoms with Gasteiger partial charge in [0, 0.05) is 24.1 Å². The Morgan fingerprint density at radius 2 is 2.61 bits per heavy atom. The van der Waals surface area contributed by atoms with Gasteiger partial charge in [-0.2, -0.15) is 15.4 Å². The molecule has 2 N–H and O–H groups in total. The van der Waals surface area contributed by atoms with Crippen molar-refractivity contribution in [3.05, 3.63) is 16.5 Å². The quantitative estimate of drug-likeness (QED) is 0.403. The fourth-order valence-electron chi connectivity index (χ4n) is 1.41. The third-order valence-electron chi connectivity index (χ3n) is 2.44. The van der Waals surface area contributed by atoms with Crippen LogP contribution in [-0.2, 0) is 4.84 Å². The van der Waals surface area contributed by atoms with Gasteiger partial charge in [0.05, 0.1) is 15.1 Å². The highest BCUT2D eigenvalue weighted by molar-refractivity contribution is 8.00. The molecule has 1 aliphatic rings. The number of hydrogen-bond acceptors (Lipinski definition) is 6. The second-order valence-corrected chi connectivity index (χ2v) is 6.43. The molecule has 0 amide bonds. The van der Waals surface area contributed by atoms with Crippen molar-refractivity contribution >= 4 is 47.1 Å². The Kier molecular flexibility index (Phi) is 4.87. The number of rotatable bonds is 3. The second-order valence-electron chi connectivity index (χ2n) is 3.66. The lowest BCUT2D eigenvalue weighted by Gasteiger charge is -2.14. The Bertz CT molecular complexity index is 462. The highest BCUT2D eigenvalue weighted by Crippen LogP contribution is 2.31. The Balaban J connectivity index is 1.98. The molecule has 8 heteroatoms. The van der Waals surface area contributed by atoms with E-state index in [1.807, 2.05) is 18.3 Å². The SMILES string of the molecule is CCC1C=NN(/C(=N/Sc2ccc(Cl)s2)ON)C1. The van der Waals surface area contributed by atoms with Crippen LogP contribution in [0.5, 0.6) is 0 Å². The zero-order valence-electron chi connectivity index (χ0n) is 9.75. The number of amidine groups is 1. The van der Waals surface area contributed by atoms with Crippen LogP contribution >= 0.6 is 34.9 Å². The molecule has 0 aliphatic carbocycles. The van der Waals surface area contributed by atoms with Gasteiger partial charge in [0.1, 0.15) is 0 Å². The summed E-state index contributed by atoms with van der Waals surface area (Å²) in [5, 5.41) is 5.88. The molecule has 1 aliphatic heterocycles. The molecule has 0 radical (unpaired) electrons. The maximum Gasteiger partial charge on any atom is 0.339 e. The van der Waals surface area contributed by atoms with Crippen LogP contribution in [0.2, 0.25) is 4.34 Å². The van der Waals surface area contributed by atoms with Crippen molar-refractivity contribution in [2.45, 2.75) is 17.6 Å². The molecule has 1 unspecified atom stereocenters. The van der Waals surface area contributed by atoms with Crippen molar-refractivity contribution < 1.29 is 4.84 Å². The van der Waals surface area contributed by atoms with Gasteiger partial charge in [0.15, 0.2) is 0 Å². The van der Waals surface area contributed by atoms with Gasteiger partial charge in [-0.25, -0.2) is 5.01 Å². The third-order valence-corrected chi connectivity index (χ3v) is 4.50. The van der Waals surface area contributed by atoms with Gasteiger partial charge in [0.2, 0.25) is 0 Å². The standard InChI is InChI=1S/C10H13ClN4OS2/c1-2-7-5-13-15(6-7)10(16-12)14-18-9-4-3-8(11)17-9/h3-5,7H,2,6,12H2,1H3/b14-10-. The maximum atomic E-state index is 5.84. The van der Waals surface area contributed by atoms with Gasteiger partial charge >= 0.3 is 6.02 Å². The van der Waals surface area contributed by atoms with Crippen LogP contribution in [0.3, 0.4) is 0 Å². The van der Waals surface area contributed by atoms with Crippen LogP contribution in [0.15, 0.2) is 25.8 Å². The number of nitrogens with two attached hydrogens (primary N) is 1. The van der Waals surface area contributed by atoms with E-state index in [2.05, 4.69) is 16.4 Å². The largest absolute Gasteiger partial charge is 0.371 e. The molecule has 5 nitrogen and oxygen atoms in total. The van der Waals surface area contributed by atoms with Crippen molar-refractivity contribution in [1.82, 2.24) is 5.01 Å². The van der Waals surface area contributed by atoms with Crippen LogP contribution in [0, 0.1) is 5.92 Å². The van der Waals surface area contributed by atoms with E-state index in [1.54, 1.807) is 5.01 Å². The molecule has 0 saturated heterocycles. The maximum absolute atomic E-state index is 5.84. The molecule has 0 fully saturated rings. The molecule has 1 aromatic rings. The fourth-order valence-corrected chi connectivity index (χ4v) is 3.29. The zero-order valence-corrected chi connectivity index (χ0v) is 12.1.